The van der Waals surface area contributed by atoms with E-state index in [9.17, 15) is 5.11 Å². The Morgan fingerprint density at radius 1 is 1.14 bits per heavy atom. The number of hydrogen-bond acceptors (Lipinski definition) is 3. The zero-order valence-corrected chi connectivity index (χ0v) is 13.5. The van der Waals surface area contributed by atoms with Gasteiger partial charge < -0.3 is 9.84 Å². The monoisotopic (exact) mass is 338 g/mol. The minimum atomic E-state index is -0.949. The van der Waals surface area contributed by atoms with Crippen molar-refractivity contribution in [2.45, 2.75) is 13.2 Å². The lowest BCUT2D eigenvalue weighted by Crippen LogP contribution is -2.09. The van der Waals surface area contributed by atoms with Gasteiger partial charge in [-0.1, -0.05) is 53.5 Å². The topological polar surface area (TPSA) is 29.5 Å². The average Bonchev–Trinajstić information content (AvgIpc) is 2.89. The molecule has 2 aromatic carbocycles. The molecular weight excluding hydrogens is 327 g/mol. The van der Waals surface area contributed by atoms with Crippen LogP contribution in [0.4, 0.5) is 0 Å². The molecule has 108 valence electrons. The Balaban J connectivity index is 2.23. The van der Waals surface area contributed by atoms with Crippen LogP contribution in [0.1, 0.15) is 6.92 Å². The molecule has 0 radical (unpaired) electrons. The Labute approximate surface area is 136 Å². The molecule has 5 heteroatoms. The molecule has 1 N–H and O–H groups in total. The summed E-state index contributed by atoms with van der Waals surface area (Å²) < 4.78 is 6.25. The highest BCUT2D eigenvalue weighted by atomic mass is 35.5. The van der Waals surface area contributed by atoms with Gasteiger partial charge in [-0.15, -0.1) is 11.3 Å². The van der Waals surface area contributed by atoms with Crippen LogP contribution in [0.2, 0.25) is 10.0 Å². The second kappa shape index (κ2) is 5.85. The van der Waals surface area contributed by atoms with Crippen LogP contribution in [0.25, 0.3) is 21.2 Å². The fourth-order valence-corrected chi connectivity index (χ4v) is 3.77. The number of aliphatic hydroxyl groups is 1. The fraction of sp³-hybridized carbons (Fsp3) is 0.125. The van der Waals surface area contributed by atoms with Crippen molar-refractivity contribution < 1.29 is 9.84 Å². The van der Waals surface area contributed by atoms with E-state index in [-0.39, 0.29) is 0 Å². The average molecular weight is 339 g/mol. The molecule has 3 aromatic rings. The quantitative estimate of drug-likeness (QED) is 0.630. The Morgan fingerprint density at radius 2 is 1.86 bits per heavy atom. The summed E-state index contributed by atoms with van der Waals surface area (Å²) in [5, 5.41) is 13.2. The van der Waals surface area contributed by atoms with Crippen molar-refractivity contribution >= 4 is 44.6 Å². The van der Waals surface area contributed by atoms with Gasteiger partial charge in [0, 0.05) is 10.9 Å². The lowest BCUT2D eigenvalue weighted by Gasteiger charge is -2.12. The number of hydrogen-bond donors (Lipinski definition) is 1. The van der Waals surface area contributed by atoms with E-state index in [4.69, 9.17) is 27.9 Å². The van der Waals surface area contributed by atoms with E-state index < -0.39 is 6.29 Å². The lowest BCUT2D eigenvalue weighted by atomic mass is 10.0. The first-order valence-electron chi connectivity index (χ1n) is 6.37. The van der Waals surface area contributed by atoms with Crippen molar-refractivity contribution in [3.05, 3.63) is 51.8 Å². The number of benzene rings is 2. The van der Waals surface area contributed by atoms with E-state index >= 15 is 0 Å². The van der Waals surface area contributed by atoms with Crippen LogP contribution < -0.4 is 4.74 Å². The van der Waals surface area contributed by atoms with Gasteiger partial charge in [-0.3, -0.25) is 0 Å². The summed E-state index contributed by atoms with van der Waals surface area (Å²) in [7, 11) is 0. The SMILES string of the molecule is CC(O)Oc1cc2c(-c3ccccc3)csc2c(Cl)c1Cl. The summed E-state index contributed by atoms with van der Waals surface area (Å²) in [6.07, 6.45) is -0.949. The summed E-state index contributed by atoms with van der Waals surface area (Å²) in [5.74, 6) is 0.389. The predicted octanol–water partition coefficient (Wildman–Crippen LogP) is 5.59. The first-order valence-corrected chi connectivity index (χ1v) is 8.01. The normalized spacial score (nSPS) is 12.6. The van der Waals surface area contributed by atoms with Crippen LogP contribution in [0, 0.1) is 0 Å². The molecule has 0 bridgehead atoms. The third-order valence-corrected chi connectivity index (χ3v) is 5.07. The smallest absolute Gasteiger partial charge is 0.194 e. The molecule has 0 fully saturated rings. The summed E-state index contributed by atoms with van der Waals surface area (Å²) in [5.41, 5.74) is 2.18. The van der Waals surface area contributed by atoms with Crippen LogP contribution in [-0.2, 0) is 0 Å². The number of aliphatic hydroxyl groups excluding tert-OH is 1. The van der Waals surface area contributed by atoms with E-state index in [2.05, 4.69) is 0 Å². The minimum Gasteiger partial charge on any atom is -0.464 e. The lowest BCUT2D eigenvalue weighted by molar-refractivity contribution is -0.000105. The van der Waals surface area contributed by atoms with Crippen molar-refractivity contribution in [1.29, 1.82) is 0 Å². The van der Waals surface area contributed by atoms with Gasteiger partial charge in [0.25, 0.3) is 0 Å². The molecule has 0 saturated heterocycles. The number of halogens is 2. The molecule has 1 heterocycles. The highest BCUT2D eigenvalue weighted by molar-refractivity contribution is 7.18. The van der Waals surface area contributed by atoms with Crippen molar-refractivity contribution in [2.24, 2.45) is 0 Å². The number of ether oxygens (including phenoxy) is 1. The highest BCUT2D eigenvalue weighted by Gasteiger charge is 2.17. The standard InChI is InChI=1S/C16H12Cl2O2S/c1-9(19)20-13-7-11-12(10-5-3-2-4-6-10)8-21-16(11)15(18)14(13)17/h2-9,19H,1H3. The molecule has 0 aliphatic rings. The molecule has 0 aliphatic heterocycles. The van der Waals surface area contributed by atoms with Crippen LogP contribution in [0.3, 0.4) is 0 Å². The van der Waals surface area contributed by atoms with E-state index in [1.807, 2.05) is 41.8 Å². The van der Waals surface area contributed by atoms with E-state index in [0.717, 1.165) is 21.2 Å². The Kier molecular flexibility index (Phi) is 4.09. The zero-order chi connectivity index (χ0) is 15.0. The van der Waals surface area contributed by atoms with Gasteiger partial charge in [-0.05, 0) is 23.9 Å². The first-order chi connectivity index (χ1) is 10.1. The molecule has 2 nitrogen and oxygen atoms in total. The molecular formula is C16H12Cl2O2S. The molecule has 0 spiro atoms. The molecule has 0 amide bonds. The Morgan fingerprint density at radius 3 is 2.52 bits per heavy atom. The van der Waals surface area contributed by atoms with Crippen molar-refractivity contribution in [3.8, 4) is 16.9 Å². The Hall–Kier alpha value is -1.26. The number of fused-ring (bicyclic) bond motifs is 1. The molecule has 1 unspecified atom stereocenters. The van der Waals surface area contributed by atoms with Crippen LogP contribution in [0.15, 0.2) is 41.8 Å². The van der Waals surface area contributed by atoms with Crippen LogP contribution in [0.5, 0.6) is 5.75 Å². The summed E-state index contributed by atoms with van der Waals surface area (Å²) in [4.78, 5) is 0. The molecule has 0 saturated carbocycles. The molecule has 1 atom stereocenters. The van der Waals surface area contributed by atoms with Gasteiger partial charge in [0.15, 0.2) is 6.29 Å². The van der Waals surface area contributed by atoms with Gasteiger partial charge in [-0.25, -0.2) is 0 Å². The maximum atomic E-state index is 9.41. The predicted molar refractivity (Wildman–Crippen MR) is 89.6 cm³/mol. The summed E-state index contributed by atoms with van der Waals surface area (Å²) >= 11 is 14.1. The Bertz CT molecular complexity index is 782. The number of thiophene rings is 1. The van der Waals surface area contributed by atoms with E-state index in [1.54, 1.807) is 11.3 Å². The maximum absolute atomic E-state index is 9.41. The third kappa shape index (κ3) is 2.74. The number of rotatable bonds is 3. The van der Waals surface area contributed by atoms with E-state index in [1.165, 1.54) is 6.92 Å². The van der Waals surface area contributed by atoms with Gasteiger partial charge in [0.05, 0.1) is 9.72 Å². The zero-order valence-electron chi connectivity index (χ0n) is 11.1. The first kappa shape index (κ1) is 14.7. The van der Waals surface area contributed by atoms with Crippen molar-refractivity contribution in [1.82, 2.24) is 0 Å². The second-order valence-electron chi connectivity index (χ2n) is 4.61. The molecule has 21 heavy (non-hydrogen) atoms. The van der Waals surface area contributed by atoms with Crippen LogP contribution in [-0.4, -0.2) is 11.4 Å². The highest BCUT2D eigenvalue weighted by Crippen LogP contribution is 2.45. The van der Waals surface area contributed by atoms with E-state index in [0.29, 0.717) is 15.8 Å². The summed E-state index contributed by atoms with van der Waals surface area (Å²) in [6, 6.07) is 11.9. The molecule has 1 aromatic heterocycles. The second-order valence-corrected chi connectivity index (χ2v) is 6.25. The van der Waals surface area contributed by atoms with Crippen molar-refractivity contribution in [3.63, 3.8) is 0 Å². The van der Waals surface area contributed by atoms with Crippen molar-refractivity contribution in [2.75, 3.05) is 0 Å². The van der Waals surface area contributed by atoms with Gasteiger partial charge in [0.2, 0.25) is 0 Å². The fourth-order valence-electron chi connectivity index (χ4n) is 2.19. The summed E-state index contributed by atoms with van der Waals surface area (Å²) in [6.45, 7) is 1.53. The molecule has 3 rings (SSSR count). The maximum Gasteiger partial charge on any atom is 0.194 e. The van der Waals surface area contributed by atoms with Gasteiger partial charge in [-0.2, -0.15) is 0 Å². The largest absolute Gasteiger partial charge is 0.464 e. The molecule has 0 aliphatic carbocycles. The van der Waals surface area contributed by atoms with Gasteiger partial charge in [0.1, 0.15) is 10.8 Å². The van der Waals surface area contributed by atoms with Crippen LogP contribution >= 0.6 is 34.5 Å². The minimum absolute atomic E-state index is 0.325. The van der Waals surface area contributed by atoms with Gasteiger partial charge >= 0.3 is 0 Å². The third-order valence-electron chi connectivity index (χ3n) is 3.10.